The Hall–Kier alpha value is -2.43. The lowest BCUT2D eigenvalue weighted by molar-refractivity contribution is 0.0257. The highest BCUT2D eigenvalue weighted by atomic mass is 19.2. The molecule has 0 aliphatic heterocycles. The third kappa shape index (κ3) is 6.35. The van der Waals surface area contributed by atoms with Crippen molar-refractivity contribution in [1.82, 2.24) is 10.4 Å². The summed E-state index contributed by atoms with van der Waals surface area (Å²) in [5.41, 5.74) is 4.18. The monoisotopic (exact) mass is 366 g/mol. The van der Waals surface area contributed by atoms with E-state index in [0.29, 0.717) is 5.56 Å². The third-order valence-electron chi connectivity index (χ3n) is 4.71. The van der Waals surface area contributed by atoms with Gasteiger partial charge in [-0.05, 0) is 36.5 Å². The van der Waals surface area contributed by atoms with Gasteiger partial charge in [0.05, 0.1) is 13.1 Å². The molecular weight excluding hydrogens is 339 g/mol. The molecule has 0 radical (unpaired) electrons. The summed E-state index contributed by atoms with van der Waals surface area (Å²) in [6.07, 6.45) is 7.34. The van der Waals surface area contributed by atoms with E-state index in [1.807, 2.05) is 24.3 Å². The second-order valence-corrected chi connectivity index (χ2v) is 6.97. The van der Waals surface area contributed by atoms with E-state index in [-0.39, 0.29) is 18.8 Å². The number of halogens is 1. The minimum absolute atomic E-state index is 0.0926. The number of nitrogens with one attached hydrogen (secondary N) is 1. The molecule has 0 bridgehead atoms. The van der Waals surface area contributed by atoms with E-state index in [4.69, 9.17) is 0 Å². The Bertz CT molecular complexity index is 786. The Morgan fingerprint density at radius 3 is 2.56 bits per heavy atom. The van der Waals surface area contributed by atoms with Gasteiger partial charge in [0.15, 0.2) is 0 Å². The second-order valence-electron chi connectivity index (χ2n) is 6.97. The maximum absolute atomic E-state index is 14.4. The fraction of sp³-hybridized carbons (Fsp3) is 0.304. The fourth-order valence-corrected chi connectivity index (χ4v) is 3.31. The van der Waals surface area contributed by atoms with Gasteiger partial charge in [0.25, 0.3) is 0 Å². The topological polar surface area (TPSA) is 35.5 Å². The van der Waals surface area contributed by atoms with Crippen molar-refractivity contribution in [3.05, 3.63) is 89.0 Å². The molecule has 3 rings (SSSR count). The van der Waals surface area contributed by atoms with Crippen molar-refractivity contribution in [3.63, 3.8) is 0 Å². The SMILES string of the molecule is Oc1ccccc1CN(F)CC1=CC(CNCc2ccccc2)=CCCC1. The van der Waals surface area contributed by atoms with Crippen LogP contribution in [0, 0.1) is 0 Å². The van der Waals surface area contributed by atoms with Gasteiger partial charge in [0.2, 0.25) is 0 Å². The first-order valence-corrected chi connectivity index (χ1v) is 9.51. The molecule has 3 nitrogen and oxygen atoms in total. The predicted molar refractivity (Wildman–Crippen MR) is 108 cm³/mol. The first-order chi connectivity index (χ1) is 13.2. The van der Waals surface area contributed by atoms with Crippen molar-refractivity contribution >= 4 is 0 Å². The smallest absolute Gasteiger partial charge is 0.120 e. The minimum atomic E-state index is 0.0926. The largest absolute Gasteiger partial charge is 0.508 e. The van der Waals surface area contributed by atoms with Gasteiger partial charge < -0.3 is 10.4 Å². The number of phenols is 1. The van der Waals surface area contributed by atoms with Gasteiger partial charge in [-0.1, -0.05) is 66.3 Å². The van der Waals surface area contributed by atoms with Crippen LogP contribution < -0.4 is 5.32 Å². The molecule has 0 heterocycles. The maximum atomic E-state index is 14.4. The van der Waals surface area contributed by atoms with Crippen LogP contribution in [0.2, 0.25) is 0 Å². The molecule has 142 valence electrons. The number of aromatic hydroxyl groups is 1. The first-order valence-electron chi connectivity index (χ1n) is 9.51. The Labute approximate surface area is 160 Å². The zero-order valence-corrected chi connectivity index (χ0v) is 15.6. The average molecular weight is 366 g/mol. The summed E-state index contributed by atoms with van der Waals surface area (Å²) in [5.74, 6) is 0.140. The summed E-state index contributed by atoms with van der Waals surface area (Å²) in [7, 11) is 0. The van der Waals surface area contributed by atoms with Gasteiger partial charge >= 0.3 is 0 Å². The van der Waals surface area contributed by atoms with Crippen molar-refractivity contribution in [2.75, 3.05) is 13.1 Å². The van der Waals surface area contributed by atoms with E-state index >= 15 is 0 Å². The highest BCUT2D eigenvalue weighted by Gasteiger charge is 2.12. The highest BCUT2D eigenvalue weighted by Crippen LogP contribution is 2.22. The van der Waals surface area contributed by atoms with Crippen molar-refractivity contribution in [2.45, 2.75) is 32.4 Å². The van der Waals surface area contributed by atoms with E-state index in [1.165, 1.54) is 11.1 Å². The van der Waals surface area contributed by atoms with Crippen LogP contribution in [0.3, 0.4) is 0 Å². The van der Waals surface area contributed by atoms with Crippen molar-refractivity contribution in [3.8, 4) is 5.75 Å². The molecule has 0 amide bonds. The lowest BCUT2D eigenvalue weighted by Gasteiger charge is -2.15. The Morgan fingerprint density at radius 2 is 1.74 bits per heavy atom. The van der Waals surface area contributed by atoms with Crippen LogP contribution in [0.4, 0.5) is 4.48 Å². The van der Waals surface area contributed by atoms with Crippen LogP contribution >= 0.6 is 0 Å². The molecule has 27 heavy (non-hydrogen) atoms. The zero-order chi connectivity index (χ0) is 18.9. The average Bonchev–Trinajstić information content (AvgIpc) is 2.89. The molecule has 1 aliphatic carbocycles. The van der Waals surface area contributed by atoms with Crippen LogP contribution in [0.5, 0.6) is 5.75 Å². The van der Waals surface area contributed by atoms with Gasteiger partial charge in [0.1, 0.15) is 5.75 Å². The number of allylic oxidation sites excluding steroid dienone is 1. The van der Waals surface area contributed by atoms with Gasteiger partial charge in [-0.15, -0.1) is 9.60 Å². The van der Waals surface area contributed by atoms with E-state index < -0.39 is 0 Å². The number of hydrogen-bond donors (Lipinski definition) is 2. The first kappa shape index (κ1) is 19.3. The summed E-state index contributed by atoms with van der Waals surface area (Å²) in [4.78, 5) is 0. The molecular formula is C23H27FN2O. The molecule has 0 saturated carbocycles. The van der Waals surface area contributed by atoms with Gasteiger partial charge in [-0.2, -0.15) is 0 Å². The number of para-hydroxylation sites is 1. The van der Waals surface area contributed by atoms with E-state index in [1.54, 1.807) is 18.2 Å². The number of nitrogens with zero attached hydrogens (tertiary/aromatic N) is 1. The molecule has 0 saturated heterocycles. The van der Waals surface area contributed by atoms with Crippen molar-refractivity contribution in [2.24, 2.45) is 0 Å². The lowest BCUT2D eigenvalue weighted by atomic mass is 10.1. The molecule has 1 aliphatic rings. The molecule has 2 N–H and O–H groups in total. The van der Waals surface area contributed by atoms with Crippen LogP contribution in [-0.2, 0) is 13.1 Å². The second kappa shape index (κ2) is 10.0. The third-order valence-corrected chi connectivity index (χ3v) is 4.71. The Morgan fingerprint density at radius 1 is 0.963 bits per heavy atom. The molecule has 0 atom stereocenters. The zero-order valence-electron chi connectivity index (χ0n) is 15.6. The number of phenolic OH excluding ortho intramolecular Hbond substituents is 1. The molecule has 0 unspecified atom stereocenters. The molecule has 0 spiro atoms. The van der Waals surface area contributed by atoms with Crippen LogP contribution in [-0.4, -0.2) is 23.3 Å². The lowest BCUT2D eigenvalue weighted by Crippen LogP contribution is -2.18. The summed E-state index contributed by atoms with van der Waals surface area (Å²) >= 11 is 0. The molecule has 2 aromatic rings. The highest BCUT2D eigenvalue weighted by molar-refractivity contribution is 5.32. The van der Waals surface area contributed by atoms with Crippen LogP contribution in [0.25, 0.3) is 0 Å². The van der Waals surface area contributed by atoms with E-state index in [9.17, 15) is 9.59 Å². The normalized spacial score (nSPS) is 14.6. The predicted octanol–water partition coefficient (Wildman–Crippen LogP) is 4.91. The van der Waals surface area contributed by atoms with E-state index in [0.717, 1.165) is 43.0 Å². The Kier molecular flexibility index (Phi) is 7.19. The summed E-state index contributed by atoms with van der Waals surface area (Å²) in [6.45, 7) is 1.97. The summed E-state index contributed by atoms with van der Waals surface area (Å²) < 4.78 is 14.4. The molecule has 4 heteroatoms. The molecule has 0 fully saturated rings. The van der Waals surface area contributed by atoms with Gasteiger partial charge in [0, 0.05) is 18.7 Å². The van der Waals surface area contributed by atoms with Crippen LogP contribution in [0.1, 0.15) is 30.4 Å². The number of benzene rings is 2. The van der Waals surface area contributed by atoms with Gasteiger partial charge in [-0.3, -0.25) is 0 Å². The summed E-state index contributed by atoms with van der Waals surface area (Å²) in [5, 5.41) is 14.1. The molecule has 2 aromatic carbocycles. The number of hydrogen-bond acceptors (Lipinski definition) is 3. The quantitative estimate of drug-likeness (QED) is 0.652. The van der Waals surface area contributed by atoms with Gasteiger partial charge in [-0.25, -0.2) is 0 Å². The Balaban J connectivity index is 1.53. The van der Waals surface area contributed by atoms with E-state index in [2.05, 4.69) is 29.6 Å². The van der Waals surface area contributed by atoms with Crippen molar-refractivity contribution in [1.29, 1.82) is 0 Å². The standard InChI is InChI=1S/C23H27FN2O/c24-26(18-22-12-6-7-13-23(22)27)17-21-11-5-4-10-20(14-21)16-25-15-19-8-2-1-3-9-19/h1-3,6-10,12-14,25,27H,4-5,11,15-18H2. The van der Waals surface area contributed by atoms with Crippen molar-refractivity contribution < 1.29 is 9.59 Å². The minimum Gasteiger partial charge on any atom is -0.508 e. The van der Waals surface area contributed by atoms with Crippen LogP contribution in [0.15, 0.2) is 77.9 Å². The number of rotatable bonds is 8. The molecule has 0 aromatic heterocycles. The maximum Gasteiger partial charge on any atom is 0.120 e. The summed E-state index contributed by atoms with van der Waals surface area (Å²) in [6, 6.07) is 17.2. The fourth-order valence-electron chi connectivity index (χ4n) is 3.31.